The third kappa shape index (κ3) is 3.98. The van der Waals surface area contributed by atoms with Gasteiger partial charge in [0.1, 0.15) is 0 Å². The molecule has 2 aromatic carbocycles. The molecule has 0 saturated heterocycles. The number of nitrogen functional groups attached to an aromatic ring is 1. The first kappa shape index (κ1) is 14.9. The van der Waals surface area contributed by atoms with Gasteiger partial charge in [-0.25, -0.2) is 0 Å². The van der Waals surface area contributed by atoms with Crippen molar-refractivity contribution < 1.29 is 18.0 Å². The second kappa shape index (κ2) is 5.87. The number of anilines is 1. The summed E-state index contributed by atoms with van der Waals surface area (Å²) >= 11 is 0. The first-order chi connectivity index (χ1) is 9.86. The molecule has 2 rings (SSSR count). The number of alkyl halides is 3. The average molecular weight is 294 g/mol. The molecule has 0 aromatic heterocycles. The largest absolute Gasteiger partial charge is 0.416 e. The van der Waals surface area contributed by atoms with Crippen molar-refractivity contribution in [2.45, 2.75) is 12.7 Å². The van der Waals surface area contributed by atoms with Crippen molar-refractivity contribution in [1.82, 2.24) is 5.32 Å². The van der Waals surface area contributed by atoms with E-state index < -0.39 is 17.6 Å². The minimum atomic E-state index is -4.47. The fraction of sp³-hybridized carbons (Fsp3) is 0.133. The molecule has 0 radical (unpaired) electrons. The molecule has 2 aromatic rings. The number of halogens is 3. The highest BCUT2D eigenvalue weighted by Gasteiger charge is 2.30. The summed E-state index contributed by atoms with van der Waals surface area (Å²) in [5.41, 5.74) is 6.05. The van der Waals surface area contributed by atoms with E-state index in [2.05, 4.69) is 5.32 Å². The van der Waals surface area contributed by atoms with Crippen LogP contribution in [-0.2, 0) is 12.7 Å². The maximum atomic E-state index is 12.6. The fourth-order valence-electron chi connectivity index (χ4n) is 1.82. The van der Waals surface area contributed by atoms with Gasteiger partial charge >= 0.3 is 6.18 Å². The molecule has 1 amide bonds. The van der Waals surface area contributed by atoms with E-state index in [1.54, 1.807) is 24.3 Å². The minimum absolute atomic E-state index is 0.0336. The summed E-state index contributed by atoms with van der Waals surface area (Å²) < 4.78 is 37.7. The molecule has 0 aliphatic heterocycles. The van der Waals surface area contributed by atoms with E-state index in [9.17, 15) is 18.0 Å². The van der Waals surface area contributed by atoms with E-state index in [-0.39, 0.29) is 12.1 Å². The Morgan fingerprint density at radius 1 is 1.10 bits per heavy atom. The monoisotopic (exact) mass is 294 g/mol. The normalized spacial score (nSPS) is 11.2. The van der Waals surface area contributed by atoms with Crippen LogP contribution in [-0.4, -0.2) is 5.91 Å². The molecule has 3 N–H and O–H groups in total. The van der Waals surface area contributed by atoms with Crippen LogP contribution in [0, 0.1) is 0 Å². The summed E-state index contributed by atoms with van der Waals surface area (Å²) in [6, 6.07) is 11.2. The lowest BCUT2D eigenvalue weighted by atomic mass is 10.1. The van der Waals surface area contributed by atoms with Gasteiger partial charge in [-0.3, -0.25) is 4.79 Å². The summed E-state index contributed by atoms with van der Waals surface area (Å²) in [4.78, 5) is 11.9. The molecule has 0 unspecified atom stereocenters. The van der Waals surface area contributed by atoms with Crippen LogP contribution in [0.3, 0.4) is 0 Å². The van der Waals surface area contributed by atoms with Crippen LogP contribution in [0.5, 0.6) is 0 Å². The van der Waals surface area contributed by atoms with Crippen molar-refractivity contribution in [2.24, 2.45) is 0 Å². The van der Waals surface area contributed by atoms with Gasteiger partial charge < -0.3 is 11.1 Å². The first-order valence-electron chi connectivity index (χ1n) is 6.16. The van der Waals surface area contributed by atoms with Crippen LogP contribution in [0.1, 0.15) is 21.5 Å². The molecule has 0 spiro atoms. The molecule has 0 fully saturated rings. The number of carbonyl (C=O) groups excluding carboxylic acids is 1. The van der Waals surface area contributed by atoms with Gasteiger partial charge in [0.05, 0.1) is 5.56 Å². The van der Waals surface area contributed by atoms with Gasteiger partial charge in [0.25, 0.3) is 5.91 Å². The van der Waals surface area contributed by atoms with E-state index in [0.717, 1.165) is 17.7 Å². The van der Waals surface area contributed by atoms with Crippen molar-refractivity contribution in [2.75, 3.05) is 5.73 Å². The van der Waals surface area contributed by atoms with Crippen LogP contribution < -0.4 is 11.1 Å². The maximum absolute atomic E-state index is 12.6. The first-order valence-corrected chi connectivity index (χ1v) is 6.16. The van der Waals surface area contributed by atoms with Crippen molar-refractivity contribution in [3.05, 3.63) is 65.2 Å². The number of rotatable bonds is 3. The molecule has 0 aliphatic carbocycles. The summed E-state index contributed by atoms with van der Waals surface area (Å²) in [6.45, 7) is 0.195. The molecule has 0 bridgehead atoms. The standard InChI is InChI=1S/C15H13F3N2O/c16-15(17,18)12-5-2-4-11(8-12)14(21)20-9-10-3-1-6-13(19)7-10/h1-8H,9,19H2,(H,20,21). The highest BCUT2D eigenvalue weighted by molar-refractivity contribution is 5.94. The fourth-order valence-corrected chi connectivity index (χ4v) is 1.82. The number of hydrogen-bond acceptors (Lipinski definition) is 2. The minimum Gasteiger partial charge on any atom is -0.399 e. The number of amides is 1. The van der Waals surface area contributed by atoms with Gasteiger partial charge in [0.2, 0.25) is 0 Å². The predicted molar refractivity (Wildman–Crippen MR) is 73.5 cm³/mol. The lowest BCUT2D eigenvalue weighted by molar-refractivity contribution is -0.137. The molecule has 6 heteroatoms. The summed E-state index contributed by atoms with van der Waals surface area (Å²) in [7, 11) is 0. The zero-order valence-electron chi connectivity index (χ0n) is 10.9. The lowest BCUT2D eigenvalue weighted by Gasteiger charge is -2.09. The number of benzene rings is 2. The van der Waals surface area contributed by atoms with Crippen molar-refractivity contribution in [3.63, 3.8) is 0 Å². The van der Waals surface area contributed by atoms with E-state index in [1.807, 2.05) is 0 Å². The van der Waals surface area contributed by atoms with Gasteiger partial charge in [0, 0.05) is 17.8 Å². The van der Waals surface area contributed by atoms with Crippen LogP contribution in [0.15, 0.2) is 48.5 Å². The summed E-state index contributed by atoms with van der Waals surface area (Å²) in [5.74, 6) is -0.566. The Hall–Kier alpha value is -2.50. The van der Waals surface area contributed by atoms with E-state index in [0.29, 0.717) is 5.69 Å². The van der Waals surface area contributed by atoms with Crippen molar-refractivity contribution >= 4 is 11.6 Å². The molecule has 3 nitrogen and oxygen atoms in total. The highest BCUT2D eigenvalue weighted by Crippen LogP contribution is 2.29. The zero-order valence-corrected chi connectivity index (χ0v) is 10.9. The predicted octanol–water partition coefficient (Wildman–Crippen LogP) is 3.22. The molecular weight excluding hydrogens is 281 g/mol. The summed E-state index contributed by atoms with van der Waals surface area (Å²) in [6.07, 6.45) is -4.47. The lowest BCUT2D eigenvalue weighted by Crippen LogP contribution is -2.23. The molecule has 0 saturated carbocycles. The third-order valence-corrected chi connectivity index (χ3v) is 2.86. The van der Waals surface area contributed by atoms with Crippen molar-refractivity contribution in [1.29, 1.82) is 0 Å². The smallest absolute Gasteiger partial charge is 0.399 e. The quantitative estimate of drug-likeness (QED) is 0.854. The van der Waals surface area contributed by atoms with Crippen molar-refractivity contribution in [3.8, 4) is 0 Å². The second-order valence-electron chi connectivity index (χ2n) is 4.51. The van der Waals surface area contributed by atoms with Gasteiger partial charge in [-0.1, -0.05) is 18.2 Å². The molecule has 0 aliphatic rings. The van der Waals surface area contributed by atoms with Gasteiger partial charge in [0.15, 0.2) is 0 Å². The third-order valence-electron chi connectivity index (χ3n) is 2.86. The molecule has 0 atom stereocenters. The maximum Gasteiger partial charge on any atom is 0.416 e. The Kier molecular flexibility index (Phi) is 4.16. The molecule has 21 heavy (non-hydrogen) atoms. The number of hydrogen-bond donors (Lipinski definition) is 2. The number of nitrogens with one attached hydrogen (secondary N) is 1. The average Bonchev–Trinajstić information content (AvgIpc) is 2.44. The van der Waals surface area contributed by atoms with Gasteiger partial charge in [-0.2, -0.15) is 13.2 Å². The van der Waals surface area contributed by atoms with Crippen LogP contribution >= 0.6 is 0 Å². The van der Waals surface area contributed by atoms with Gasteiger partial charge in [-0.15, -0.1) is 0 Å². The highest BCUT2D eigenvalue weighted by atomic mass is 19.4. The number of nitrogens with two attached hydrogens (primary N) is 1. The van der Waals surface area contributed by atoms with Crippen LogP contribution in [0.25, 0.3) is 0 Å². The van der Waals surface area contributed by atoms with Gasteiger partial charge in [-0.05, 0) is 35.9 Å². The Morgan fingerprint density at radius 2 is 1.81 bits per heavy atom. The van der Waals surface area contributed by atoms with E-state index in [1.165, 1.54) is 12.1 Å². The summed E-state index contributed by atoms with van der Waals surface area (Å²) in [5, 5.41) is 2.56. The van der Waals surface area contributed by atoms with E-state index in [4.69, 9.17) is 5.73 Å². The Balaban J connectivity index is 2.07. The topological polar surface area (TPSA) is 55.1 Å². The molecule has 110 valence electrons. The molecular formula is C15H13F3N2O. The zero-order chi connectivity index (χ0) is 15.5. The number of carbonyl (C=O) groups is 1. The van der Waals surface area contributed by atoms with Crippen LogP contribution in [0.4, 0.5) is 18.9 Å². The Bertz CT molecular complexity index is 653. The second-order valence-corrected chi connectivity index (χ2v) is 4.51. The van der Waals surface area contributed by atoms with Crippen LogP contribution in [0.2, 0.25) is 0 Å². The Morgan fingerprint density at radius 3 is 2.48 bits per heavy atom. The Labute approximate surface area is 119 Å². The van der Waals surface area contributed by atoms with E-state index >= 15 is 0 Å². The molecule has 0 heterocycles. The SMILES string of the molecule is Nc1cccc(CNC(=O)c2cccc(C(F)(F)F)c2)c1.